The molecular formula is C15H22N4O. The van der Waals surface area contributed by atoms with Gasteiger partial charge in [-0.25, -0.2) is 4.98 Å². The van der Waals surface area contributed by atoms with Crippen LogP contribution in [0.25, 0.3) is 0 Å². The molecule has 0 saturated heterocycles. The monoisotopic (exact) mass is 274 g/mol. The molecule has 1 N–H and O–H groups in total. The molecule has 0 aliphatic rings. The van der Waals surface area contributed by atoms with Crippen LogP contribution >= 0.6 is 0 Å². The van der Waals surface area contributed by atoms with Gasteiger partial charge in [0, 0.05) is 24.8 Å². The molecule has 2 aromatic rings. The summed E-state index contributed by atoms with van der Waals surface area (Å²) in [6, 6.07) is 3.89. The minimum absolute atomic E-state index is 0.686. The molecule has 0 spiro atoms. The highest BCUT2D eigenvalue weighted by atomic mass is 16.3. The Labute approximate surface area is 120 Å². The van der Waals surface area contributed by atoms with E-state index in [1.54, 1.807) is 6.26 Å². The first-order chi connectivity index (χ1) is 9.74. The van der Waals surface area contributed by atoms with Crippen LogP contribution in [-0.4, -0.2) is 23.1 Å². The van der Waals surface area contributed by atoms with Gasteiger partial charge in [-0.15, -0.1) is 0 Å². The summed E-state index contributed by atoms with van der Waals surface area (Å²) in [6.07, 6.45) is 4.62. The molecule has 5 nitrogen and oxygen atoms in total. The Bertz CT molecular complexity index is 525. The van der Waals surface area contributed by atoms with Gasteiger partial charge in [0.2, 0.25) is 5.95 Å². The first-order valence-corrected chi connectivity index (χ1v) is 7.09. The second-order valence-electron chi connectivity index (χ2n) is 4.72. The number of hydrogen-bond acceptors (Lipinski definition) is 5. The molecule has 0 aromatic carbocycles. The summed E-state index contributed by atoms with van der Waals surface area (Å²) >= 11 is 0. The molecule has 2 heterocycles. The van der Waals surface area contributed by atoms with Gasteiger partial charge in [0.05, 0.1) is 12.8 Å². The van der Waals surface area contributed by atoms with Crippen molar-refractivity contribution in [2.75, 3.05) is 23.3 Å². The van der Waals surface area contributed by atoms with E-state index < -0.39 is 0 Å². The normalized spacial score (nSPS) is 10.6. The fourth-order valence-corrected chi connectivity index (χ4v) is 2.00. The number of nitrogens with one attached hydrogen (secondary N) is 1. The van der Waals surface area contributed by atoms with Crippen molar-refractivity contribution < 1.29 is 4.42 Å². The second kappa shape index (κ2) is 6.93. The van der Waals surface area contributed by atoms with Crippen molar-refractivity contribution in [2.45, 2.75) is 33.7 Å². The molecule has 0 fully saturated rings. The number of aromatic nitrogens is 2. The van der Waals surface area contributed by atoms with Crippen molar-refractivity contribution >= 4 is 11.8 Å². The van der Waals surface area contributed by atoms with E-state index in [0.29, 0.717) is 12.5 Å². The fourth-order valence-electron chi connectivity index (χ4n) is 2.00. The van der Waals surface area contributed by atoms with Crippen LogP contribution in [0.2, 0.25) is 0 Å². The summed E-state index contributed by atoms with van der Waals surface area (Å²) in [5.41, 5.74) is 1.07. The van der Waals surface area contributed by atoms with Gasteiger partial charge in [-0.2, -0.15) is 4.98 Å². The first kappa shape index (κ1) is 14.4. The van der Waals surface area contributed by atoms with E-state index in [4.69, 9.17) is 4.42 Å². The van der Waals surface area contributed by atoms with E-state index in [1.165, 1.54) is 0 Å². The third kappa shape index (κ3) is 3.50. The summed E-state index contributed by atoms with van der Waals surface area (Å²) in [5.74, 6) is 2.58. The molecule has 0 bridgehead atoms. The van der Waals surface area contributed by atoms with Crippen molar-refractivity contribution in [1.29, 1.82) is 0 Å². The number of nitrogens with zero attached hydrogens (tertiary/aromatic N) is 3. The van der Waals surface area contributed by atoms with Gasteiger partial charge in [-0.3, -0.25) is 0 Å². The molecule has 0 saturated carbocycles. The maximum atomic E-state index is 5.42. The standard InChI is InChI=1S/C15H22N4O/c1-4-8-16-15-17-10-12(3)14(18-15)19(5-2)11-13-7-6-9-20-13/h6-7,9-10H,4-5,8,11H2,1-3H3,(H,16,17,18). The zero-order valence-corrected chi connectivity index (χ0v) is 12.4. The number of anilines is 2. The molecular weight excluding hydrogens is 252 g/mol. The lowest BCUT2D eigenvalue weighted by atomic mass is 10.3. The van der Waals surface area contributed by atoms with Gasteiger partial charge in [0.1, 0.15) is 11.6 Å². The van der Waals surface area contributed by atoms with E-state index in [2.05, 4.69) is 34.0 Å². The smallest absolute Gasteiger partial charge is 0.224 e. The Morgan fingerprint density at radius 3 is 2.85 bits per heavy atom. The van der Waals surface area contributed by atoms with E-state index in [1.807, 2.05) is 25.3 Å². The molecule has 108 valence electrons. The van der Waals surface area contributed by atoms with Crippen molar-refractivity contribution in [3.8, 4) is 0 Å². The Morgan fingerprint density at radius 1 is 1.35 bits per heavy atom. The Hall–Kier alpha value is -2.04. The zero-order chi connectivity index (χ0) is 14.4. The summed E-state index contributed by atoms with van der Waals surface area (Å²) < 4.78 is 5.42. The van der Waals surface area contributed by atoms with E-state index >= 15 is 0 Å². The van der Waals surface area contributed by atoms with E-state index in [-0.39, 0.29) is 0 Å². The minimum atomic E-state index is 0.686. The first-order valence-electron chi connectivity index (χ1n) is 7.09. The lowest BCUT2D eigenvalue weighted by molar-refractivity contribution is 0.502. The third-order valence-corrected chi connectivity index (χ3v) is 3.09. The predicted molar refractivity (Wildman–Crippen MR) is 81.0 cm³/mol. The highest BCUT2D eigenvalue weighted by Gasteiger charge is 2.12. The average Bonchev–Trinajstić information content (AvgIpc) is 2.97. The molecule has 0 aliphatic carbocycles. The van der Waals surface area contributed by atoms with E-state index in [0.717, 1.165) is 36.7 Å². The lowest BCUT2D eigenvalue weighted by Gasteiger charge is -2.23. The van der Waals surface area contributed by atoms with Crippen molar-refractivity contribution in [3.63, 3.8) is 0 Å². The van der Waals surface area contributed by atoms with Crippen LogP contribution in [0.1, 0.15) is 31.6 Å². The summed E-state index contributed by atoms with van der Waals surface area (Å²) in [4.78, 5) is 11.1. The Balaban J connectivity index is 2.19. The van der Waals surface area contributed by atoms with Gasteiger partial charge < -0.3 is 14.6 Å². The van der Waals surface area contributed by atoms with Crippen LogP contribution < -0.4 is 10.2 Å². The SMILES string of the molecule is CCCNc1ncc(C)c(N(CC)Cc2ccco2)n1. The highest BCUT2D eigenvalue weighted by molar-refractivity contribution is 5.49. The van der Waals surface area contributed by atoms with Gasteiger partial charge in [-0.1, -0.05) is 6.92 Å². The summed E-state index contributed by atoms with van der Waals surface area (Å²) in [6.45, 7) is 8.73. The fraction of sp³-hybridized carbons (Fsp3) is 0.467. The Morgan fingerprint density at radius 2 is 2.20 bits per heavy atom. The predicted octanol–water partition coefficient (Wildman–Crippen LogP) is 3.23. The molecule has 20 heavy (non-hydrogen) atoms. The maximum absolute atomic E-state index is 5.42. The van der Waals surface area contributed by atoms with Gasteiger partial charge in [0.25, 0.3) is 0 Å². The molecule has 0 atom stereocenters. The van der Waals surface area contributed by atoms with Gasteiger partial charge in [0.15, 0.2) is 0 Å². The third-order valence-electron chi connectivity index (χ3n) is 3.09. The van der Waals surface area contributed by atoms with E-state index in [9.17, 15) is 0 Å². The van der Waals surface area contributed by atoms with Crippen LogP contribution in [-0.2, 0) is 6.54 Å². The largest absolute Gasteiger partial charge is 0.467 e. The minimum Gasteiger partial charge on any atom is -0.467 e. The van der Waals surface area contributed by atoms with Gasteiger partial charge >= 0.3 is 0 Å². The highest BCUT2D eigenvalue weighted by Crippen LogP contribution is 2.20. The summed E-state index contributed by atoms with van der Waals surface area (Å²) in [5, 5.41) is 3.23. The maximum Gasteiger partial charge on any atom is 0.224 e. The molecule has 0 radical (unpaired) electrons. The van der Waals surface area contributed by atoms with Gasteiger partial charge in [-0.05, 0) is 32.4 Å². The molecule has 2 aromatic heterocycles. The number of rotatable bonds is 7. The quantitative estimate of drug-likeness (QED) is 0.840. The molecule has 0 aliphatic heterocycles. The number of aryl methyl sites for hydroxylation is 1. The zero-order valence-electron chi connectivity index (χ0n) is 12.4. The molecule has 0 unspecified atom stereocenters. The average molecular weight is 274 g/mol. The number of hydrogen-bond donors (Lipinski definition) is 1. The van der Waals surface area contributed by atoms with Crippen LogP contribution in [0, 0.1) is 6.92 Å². The number of furan rings is 1. The van der Waals surface area contributed by atoms with Crippen molar-refractivity contribution in [2.24, 2.45) is 0 Å². The molecule has 0 amide bonds. The molecule has 2 rings (SSSR count). The van der Waals surface area contributed by atoms with Crippen LogP contribution in [0.15, 0.2) is 29.0 Å². The lowest BCUT2D eigenvalue weighted by Crippen LogP contribution is -2.24. The van der Waals surface area contributed by atoms with Crippen molar-refractivity contribution in [3.05, 3.63) is 35.9 Å². The van der Waals surface area contributed by atoms with Crippen LogP contribution in [0.4, 0.5) is 11.8 Å². The molecule has 5 heteroatoms. The van der Waals surface area contributed by atoms with Crippen LogP contribution in [0.5, 0.6) is 0 Å². The van der Waals surface area contributed by atoms with Crippen LogP contribution in [0.3, 0.4) is 0 Å². The second-order valence-corrected chi connectivity index (χ2v) is 4.72. The van der Waals surface area contributed by atoms with Crippen molar-refractivity contribution in [1.82, 2.24) is 9.97 Å². The Kier molecular flexibility index (Phi) is 4.98. The summed E-state index contributed by atoms with van der Waals surface area (Å²) in [7, 11) is 0. The topological polar surface area (TPSA) is 54.2 Å².